The lowest BCUT2D eigenvalue weighted by molar-refractivity contribution is -0.137. The average molecular weight is 259 g/mol. The molecule has 1 atom stereocenters. The predicted octanol–water partition coefficient (Wildman–Crippen LogP) is 4.40. The van der Waals surface area contributed by atoms with Crippen LogP contribution in [0.25, 0.3) is 0 Å². The molecule has 1 nitrogen and oxygen atoms in total. The van der Waals surface area contributed by atoms with Crippen LogP contribution in [0.5, 0.6) is 0 Å². The van der Waals surface area contributed by atoms with Crippen molar-refractivity contribution in [2.75, 3.05) is 6.54 Å². The van der Waals surface area contributed by atoms with Crippen LogP contribution in [0.1, 0.15) is 44.9 Å². The van der Waals surface area contributed by atoms with Crippen molar-refractivity contribution in [3.63, 3.8) is 0 Å². The highest BCUT2D eigenvalue weighted by atomic mass is 19.4. The van der Waals surface area contributed by atoms with E-state index in [1.54, 1.807) is 6.07 Å². The van der Waals surface area contributed by atoms with Gasteiger partial charge >= 0.3 is 6.18 Å². The molecule has 0 fully saturated rings. The summed E-state index contributed by atoms with van der Waals surface area (Å²) < 4.78 is 38.1. The molecule has 0 saturated heterocycles. The second-order valence-corrected chi connectivity index (χ2v) is 5.48. The number of alkyl halides is 3. The van der Waals surface area contributed by atoms with Crippen LogP contribution in [0.4, 0.5) is 13.2 Å². The van der Waals surface area contributed by atoms with Gasteiger partial charge in [0.15, 0.2) is 0 Å². The van der Waals surface area contributed by atoms with Crippen molar-refractivity contribution in [3.05, 3.63) is 35.4 Å². The molecule has 102 valence electrons. The Hall–Kier alpha value is -1.03. The van der Waals surface area contributed by atoms with Crippen LogP contribution >= 0.6 is 0 Å². The lowest BCUT2D eigenvalue weighted by Gasteiger charge is -2.32. The summed E-state index contributed by atoms with van der Waals surface area (Å²) in [5, 5.41) is 3.25. The molecule has 1 unspecified atom stereocenters. The zero-order chi connectivity index (χ0) is 14.0. The van der Waals surface area contributed by atoms with Gasteiger partial charge in [-0.05, 0) is 29.7 Å². The molecule has 0 spiro atoms. The van der Waals surface area contributed by atoms with E-state index in [-0.39, 0.29) is 11.5 Å². The van der Waals surface area contributed by atoms with E-state index < -0.39 is 11.7 Å². The molecule has 0 aromatic heterocycles. The monoisotopic (exact) mass is 259 g/mol. The number of halogens is 3. The van der Waals surface area contributed by atoms with E-state index in [1.165, 1.54) is 12.1 Å². The summed E-state index contributed by atoms with van der Waals surface area (Å²) in [6.45, 7) is 8.71. The molecule has 0 bridgehead atoms. The van der Waals surface area contributed by atoms with Crippen LogP contribution in [-0.2, 0) is 6.18 Å². The standard InChI is InChI=1S/C14H20F3N/c1-5-18-12(13(2,3)4)10-7-6-8-11(9-10)14(15,16)17/h6-9,12,18H,5H2,1-4H3. The third kappa shape index (κ3) is 3.73. The van der Waals surface area contributed by atoms with Gasteiger partial charge in [0.2, 0.25) is 0 Å². The van der Waals surface area contributed by atoms with E-state index in [4.69, 9.17) is 0 Å². The van der Waals surface area contributed by atoms with Crippen molar-refractivity contribution in [1.29, 1.82) is 0 Å². The minimum atomic E-state index is -4.29. The largest absolute Gasteiger partial charge is 0.416 e. The zero-order valence-corrected chi connectivity index (χ0v) is 11.2. The fourth-order valence-electron chi connectivity index (χ4n) is 2.02. The van der Waals surface area contributed by atoms with Gasteiger partial charge in [-0.3, -0.25) is 0 Å². The molecule has 1 rings (SSSR count). The molecular weight excluding hydrogens is 239 g/mol. The van der Waals surface area contributed by atoms with Gasteiger partial charge in [0.1, 0.15) is 0 Å². The molecule has 1 aromatic carbocycles. The van der Waals surface area contributed by atoms with E-state index in [2.05, 4.69) is 5.32 Å². The Kier molecular flexibility index (Phi) is 4.43. The Labute approximate surface area is 106 Å². The van der Waals surface area contributed by atoms with Gasteiger partial charge in [-0.1, -0.05) is 39.8 Å². The molecule has 1 N–H and O–H groups in total. The fourth-order valence-corrected chi connectivity index (χ4v) is 2.02. The average Bonchev–Trinajstić information content (AvgIpc) is 2.23. The van der Waals surface area contributed by atoms with Gasteiger partial charge in [-0.15, -0.1) is 0 Å². The number of hydrogen-bond acceptors (Lipinski definition) is 1. The van der Waals surface area contributed by atoms with Crippen molar-refractivity contribution >= 4 is 0 Å². The van der Waals surface area contributed by atoms with Crippen LogP contribution in [0.2, 0.25) is 0 Å². The minimum Gasteiger partial charge on any atom is -0.310 e. The SMILES string of the molecule is CCNC(c1cccc(C(F)(F)F)c1)C(C)(C)C. The van der Waals surface area contributed by atoms with Crippen molar-refractivity contribution in [1.82, 2.24) is 5.32 Å². The highest BCUT2D eigenvalue weighted by Gasteiger charge is 2.32. The first kappa shape index (κ1) is 15.0. The Balaban J connectivity index is 3.14. The summed E-state index contributed by atoms with van der Waals surface area (Å²) in [6, 6.07) is 5.46. The quantitative estimate of drug-likeness (QED) is 0.848. The second kappa shape index (κ2) is 5.31. The topological polar surface area (TPSA) is 12.0 Å². The number of benzene rings is 1. The van der Waals surface area contributed by atoms with Crippen LogP contribution in [0, 0.1) is 5.41 Å². The van der Waals surface area contributed by atoms with Gasteiger partial charge in [-0.25, -0.2) is 0 Å². The first-order valence-corrected chi connectivity index (χ1v) is 6.06. The van der Waals surface area contributed by atoms with Crippen molar-refractivity contribution in [2.45, 2.75) is 39.9 Å². The lowest BCUT2D eigenvalue weighted by Crippen LogP contribution is -2.32. The van der Waals surface area contributed by atoms with Crippen LogP contribution in [-0.4, -0.2) is 6.54 Å². The minimum absolute atomic E-state index is 0.0928. The molecule has 4 heteroatoms. The maximum absolute atomic E-state index is 12.7. The van der Waals surface area contributed by atoms with E-state index in [0.29, 0.717) is 5.56 Å². The van der Waals surface area contributed by atoms with Crippen LogP contribution in [0.3, 0.4) is 0 Å². The Bertz CT molecular complexity index is 391. The molecule has 0 aliphatic carbocycles. The smallest absolute Gasteiger partial charge is 0.310 e. The molecule has 0 heterocycles. The predicted molar refractivity (Wildman–Crippen MR) is 67.3 cm³/mol. The first-order valence-electron chi connectivity index (χ1n) is 6.06. The Morgan fingerprint density at radius 3 is 2.22 bits per heavy atom. The third-order valence-corrected chi connectivity index (χ3v) is 2.82. The molecule has 0 aliphatic heterocycles. The summed E-state index contributed by atoms with van der Waals surface area (Å²) in [6.07, 6.45) is -4.29. The van der Waals surface area contributed by atoms with E-state index in [0.717, 1.165) is 12.6 Å². The van der Waals surface area contributed by atoms with Gasteiger partial charge < -0.3 is 5.32 Å². The zero-order valence-electron chi connectivity index (χ0n) is 11.2. The van der Waals surface area contributed by atoms with E-state index in [1.807, 2.05) is 27.7 Å². The first-order chi connectivity index (χ1) is 8.16. The highest BCUT2D eigenvalue weighted by molar-refractivity contribution is 5.29. The van der Waals surface area contributed by atoms with E-state index in [9.17, 15) is 13.2 Å². The summed E-state index contributed by atoms with van der Waals surface area (Å²) in [4.78, 5) is 0. The molecular formula is C14H20F3N. The van der Waals surface area contributed by atoms with Crippen molar-refractivity contribution < 1.29 is 13.2 Å². The van der Waals surface area contributed by atoms with Gasteiger partial charge in [-0.2, -0.15) is 13.2 Å². The van der Waals surface area contributed by atoms with Crippen molar-refractivity contribution in [2.24, 2.45) is 5.41 Å². The summed E-state index contributed by atoms with van der Waals surface area (Å²) in [5.74, 6) is 0. The van der Waals surface area contributed by atoms with Gasteiger partial charge in [0.05, 0.1) is 5.56 Å². The summed E-state index contributed by atoms with van der Waals surface area (Å²) in [5.41, 5.74) is -0.0495. The van der Waals surface area contributed by atoms with Crippen molar-refractivity contribution in [3.8, 4) is 0 Å². The molecule has 1 aromatic rings. The Morgan fingerprint density at radius 1 is 1.17 bits per heavy atom. The van der Waals surface area contributed by atoms with Crippen LogP contribution in [0.15, 0.2) is 24.3 Å². The summed E-state index contributed by atoms with van der Waals surface area (Å²) >= 11 is 0. The summed E-state index contributed by atoms with van der Waals surface area (Å²) in [7, 11) is 0. The lowest BCUT2D eigenvalue weighted by atomic mass is 9.82. The van der Waals surface area contributed by atoms with Gasteiger partial charge in [0.25, 0.3) is 0 Å². The maximum atomic E-state index is 12.7. The number of rotatable bonds is 3. The third-order valence-electron chi connectivity index (χ3n) is 2.82. The number of hydrogen-bond donors (Lipinski definition) is 1. The molecule has 0 aliphatic rings. The molecule has 0 radical (unpaired) electrons. The van der Waals surface area contributed by atoms with Crippen LogP contribution < -0.4 is 5.32 Å². The fraction of sp³-hybridized carbons (Fsp3) is 0.571. The number of nitrogens with one attached hydrogen (secondary N) is 1. The molecule has 18 heavy (non-hydrogen) atoms. The Morgan fingerprint density at radius 2 is 1.78 bits per heavy atom. The maximum Gasteiger partial charge on any atom is 0.416 e. The van der Waals surface area contributed by atoms with E-state index >= 15 is 0 Å². The molecule has 0 amide bonds. The highest BCUT2D eigenvalue weighted by Crippen LogP contribution is 2.36. The second-order valence-electron chi connectivity index (χ2n) is 5.48. The van der Waals surface area contributed by atoms with Gasteiger partial charge in [0, 0.05) is 6.04 Å². The normalized spacial score (nSPS) is 14.6. The molecule has 0 saturated carbocycles.